The van der Waals surface area contributed by atoms with Crippen LogP contribution in [-0.2, 0) is 16.8 Å². The molecular weight excluding hydrogens is 835 g/mol. The van der Waals surface area contributed by atoms with Gasteiger partial charge in [-0.3, -0.25) is 29.4 Å². The summed E-state index contributed by atoms with van der Waals surface area (Å²) in [5.74, 6) is -3.31. The number of pyridine rings is 2. The van der Waals surface area contributed by atoms with Gasteiger partial charge in [0.15, 0.2) is 11.6 Å². The molecule has 2 aliphatic rings. The number of carbonyl (C=O) groups excluding carboxylic acids is 4. The first-order valence-corrected chi connectivity index (χ1v) is 19.2. The number of ketones is 2. The predicted molar refractivity (Wildman–Crippen MR) is 230 cm³/mol. The topological polar surface area (TPSA) is 241 Å². The molecule has 2 aliphatic heterocycles. The maximum atomic E-state index is 12.1. The number of aromatic nitrogens is 2. The minimum absolute atomic E-state index is 0. The summed E-state index contributed by atoms with van der Waals surface area (Å²) in [7, 11) is 4.37. The fraction of sp³-hybridized carbons (Fsp3) is 0.208. The fourth-order valence-electron chi connectivity index (χ4n) is 7.02. The Kier molecular flexibility index (Phi) is 23.9. The van der Waals surface area contributed by atoms with Crippen molar-refractivity contribution in [1.29, 1.82) is 0 Å². The third-order valence-corrected chi connectivity index (χ3v) is 10.0. The number of hydrogen-bond donors (Lipinski definition) is 0. The van der Waals surface area contributed by atoms with Crippen LogP contribution in [0.1, 0.15) is 101 Å². The number of aromatic carboxylic acids is 2. The first-order chi connectivity index (χ1) is 28.2. The molecule has 14 heteroatoms. The van der Waals surface area contributed by atoms with E-state index in [-0.39, 0.29) is 67.0 Å². The molecule has 6 N–H and O–H groups in total. The SMILES string of the molecule is CN1CCCC1c1cccnc1.CN1CCCC1c1cccnc1.O.O.O.O=C([O-])c1ccccc1C(=O)c1ccccc1.O=C([O-])c1ccccc1C(=O)c1ccccc1.[Co+2]. The van der Waals surface area contributed by atoms with Crippen molar-refractivity contribution in [3.05, 3.63) is 203 Å². The quantitative estimate of drug-likeness (QED) is 0.200. The largest absolute Gasteiger partial charge is 2.00 e. The van der Waals surface area contributed by atoms with Crippen molar-refractivity contribution >= 4 is 23.5 Å². The molecule has 0 spiro atoms. The molecule has 2 aromatic heterocycles. The van der Waals surface area contributed by atoms with Crippen molar-refractivity contribution in [3.8, 4) is 0 Å². The monoisotopic (exact) mass is 887 g/mol. The molecule has 2 fully saturated rings. The van der Waals surface area contributed by atoms with Gasteiger partial charge in [-0.1, -0.05) is 121 Å². The molecule has 327 valence electrons. The number of carboxylic acids is 2. The van der Waals surface area contributed by atoms with Crippen molar-refractivity contribution in [3.63, 3.8) is 0 Å². The minimum Gasteiger partial charge on any atom is -0.545 e. The molecule has 0 amide bonds. The van der Waals surface area contributed by atoms with Crippen LogP contribution in [0.5, 0.6) is 0 Å². The fourth-order valence-corrected chi connectivity index (χ4v) is 7.02. The van der Waals surface area contributed by atoms with Gasteiger partial charge in [-0.2, -0.15) is 0 Å². The summed E-state index contributed by atoms with van der Waals surface area (Å²) < 4.78 is 0. The molecule has 1 radical (unpaired) electrons. The van der Waals surface area contributed by atoms with E-state index in [4.69, 9.17) is 0 Å². The van der Waals surface area contributed by atoms with Crippen LogP contribution in [0.15, 0.2) is 158 Å². The van der Waals surface area contributed by atoms with Gasteiger partial charge in [-0.15, -0.1) is 0 Å². The molecule has 13 nitrogen and oxygen atoms in total. The third kappa shape index (κ3) is 15.0. The first kappa shape index (κ1) is 53.8. The van der Waals surface area contributed by atoms with Gasteiger partial charge in [-0.05, 0) is 76.1 Å². The summed E-state index contributed by atoms with van der Waals surface area (Å²) in [4.78, 5) is 59.0. The summed E-state index contributed by atoms with van der Waals surface area (Å²) in [6.07, 6.45) is 12.8. The van der Waals surface area contributed by atoms with Crippen molar-refractivity contribution in [2.24, 2.45) is 0 Å². The maximum Gasteiger partial charge on any atom is 2.00 e. The van der Waals surface area contributed by atoms with Crippen LogP contribution in [0, 0.1) is 0 Å². The predicted octanol–water partition coefficient (Wildman–Crippen LogP) is 3.78. The summed E-state index contributed by atoms with van der Waals surface area (Å²) in [6.45, 7) is 2.44. The van der Waals surface area contributed by atoms with Crippen molar-refractivity contribution in [1.82, 2.24) is 19.8 Å². The normalized spacial score (nSPS) is 14.9. The molecule has 2 unspecified atom stereocenters. The summed E-state index contributed by atoms with van der Waals surface area (Å²) in [5.41, 5.74) is 3.78. The van der Waals surface area contributed by atoms with Gasteiger partial charge in [0.25, 0.3) is 0 Å². The van der Waals surface area contributed by atoms with Crippen LogP contribution in [0.25, 0.3) is 0 Å². The number of nitrogens with zero attached hydrogens (tertiary/aromatic N) is 4. The Labute approximate surface area is 372 Å². The van der Waals surface area contributed by atoms with E-state index in [0.717, 1.165) is 0 Å². The van der Waals surface area contributed by atoms with Crippen LogP contribution < -0.4 is 10.2 Å². The van der Waals surface area contributed by atoms with Crippen LogP contribution >= 0.6 is 0 Å². The standard InChI is InChI=1S/2C14H10O3.2C10H14N2.Co.3H2O/c2*15-13(10-6-2-1-3-7-10)11-8-4-5-9-12(11)14(16)17;2*1-12-7-3-5-10(12)9-4-2-6-11-8-9;;;;/h2*1-9H,(H,16,17);2*2,4,6,8,10H,3,5,7H2,1H3;;3*1H2/q;;;;+2;;;/p-2. The second-order valence-electron chi connectivity index (χ2n) is 13.9. The van der Waals surface area contributed by atoms with E-state index >= 15 is 0 Å². The average molecular weight is 888 g/mol. The van der Waals surface area contributed by atoms with Gasteiger partial charge >= 0.3 is 16.8 Å². The molecular formula is C48H52CoN4O9. The molecule has 0 aliphatic carbocycles. The van der Waals surface area contributed by atoms with E-state index in [1.807, 2.05) is 36.9 Å². The Morgan fingerprint density at radius 2 is 0.806 bits per heavy atom. The minimum atomic E-state index is -1.34. The van der Waals surface area contributed by atoms with E-state index in [1.165, 1.54) is 74.2 Å². The Balaban J connectivity index is 0.000000409. The zero-order valence-corrected chi connectivity index (χ0v) is 35.5. The number of benzene rings is 4. The zero-order valence-electron chi connectivity index (χ0n) is 34.5. The average Bonchev–Trinajstić information content (AvgIpc) is 3.92. The van der Waals surface area contributed by atoms with Crippen LogP contribution in [-0.4, -0.2) is 86.9 Å². The van der Waals surface area contributed by atoms with E-state index in [2.05, 4.69) is 46.0 Å². The molecule has 4 aromatic carbocycles. The van der Waals surface area contributed by atoms with Crippen LogP contribution in [0.4, 0.5) is 0 Å². The van der Waals surface area contributed by atoms with Gasteiger partial charge in [0, 0.05) is 70.3 Å². The molecule has 0 saturated carbocycles. The van der Waals surface area contributed by atoms with Crippen molar-refractivity contribution in [2.75, 3.05) is 27.2 Å². The molecule has 4 heterocycles. The zero-order chi connectivity index (χ0) is 41.3. The van der Waals surface area contributed by atoms with Gasteiger partial charge < -0.3 is 36.2 Å². The van der Waals surface area contributed by atoms with Gasteiger partial charge in [0.05, 0.1) is 11.9 Å². The van der Waals surface area contributed by atoms with Crippen LogP contribution in [0.3, 0.4) is 0 Å². The Bertz CT molecular complexity index is 2090. The number of carbonyl (C=O) groups is 4. The Hall–Kier alpha value is -6.23. The smallest absolute Gasteiger partial charge is 0.545 e. The van der Waals surface area contributed by atoms with E-state index < -0.39 is 11.9 Å². The molecule has 8 rings (SSSR count). The van der Waals surface area contributed by atoms with Crippen molar-refractivity contribution in [2.45, 2.75) is 37.8 Å². The third-order valence-electron chi connectivity index (χ3n) is 10.0. The number of hydrogen-bond acceptors (Lipinski definition) is 10. The van der Waals surface area contributed by atoms with E-state index in [0.29, 0.717) is 23.2 Å². The second kappa shape index (κ2) is 27.6. The van der Waals surface area contributed by atoms with Crippen molar-refractivity contribution < 1.29 is 62.6 Å². The molecule has 2 saturated heterocycles. The second-order valence-corrected chi connectivity index (χ2v) is 13.9. The maximum absolute atomic E-state index is 12.1. The molecule has 0 bridgehead atoms. The first-order valence-electron chi connectivity index (χ1n) is 19.2. The van der Waals surface area contributed by atoms with E-state index in [9.17, 15) is 29.4 Å². The molecule has 62 heavy (non-hydrogen) atoms. The van der Waals surface area contributed by atoms with E-state index in [1.54, 1.807) is 84.9 Å². The molecule has 2 atom stereocenters. The summed E-state index contributed by atoms with van der Waals surface area (Å²) in [6, 6.07) is 38.8. The number of carboxylic acid groups (broad SMARTS) is 2. The van der Waals surface area contributed by atoms with Gasteiger partial charge in [-0.25, -0.2) is 0 Å². The number of rotatable bonds is 8. The van der Waals surface area contributed by atoms with Crippen LogP contribution in [0.2, 0.25) is 0 Å². The summed E-state index contributed by atoms with van der Waals surface area (Å²) in [5, 5.41) is 21.8. The van der Waals surface area contributed by atoms with Gasteiger partial charge in [0.2, 0.25) is 0 Å². The molecule has 6 aromatic rings. The number of likely N-dealkylation sites (tertiary alicyclic amines) is 2. The summed E-state index contributed by atoms with van der Waals surface area (Å²) >= 11 is 0. The Morgan fingerprint density at radius 1 is 0.484 bits per heavy atom. The Morgan fingerprint density at radius 3 is 1.08 bits per heavy atom. The van der Waals surface area contributed by atoms with Gasteiger partial charge in [0.1, 0.15) is 0 Å².